The normalized spacial score (nSPS) is 28.9. The number of hydrogen-bond donors (Lipinski definition) is 1. The van der Waals surface area contributed by atoms with Crippen molar-refractivity contribution in [1.29, 1.82) is 0 Å². The highest BCUT2D eigenvalue weighted by Gasteiger charge is 2.60. The predicted molar refractivity (Wildman–Crippen MR) is 58.1 cm³/mol. The third kappa shape index (κ3) is 1.17. The van der Waals surface area contributed by atoms with Gasteiger partial charge in [-0.2, -0.15) is 0 Å². The lowest BCUT2D eigenvalue weighted by Gasteiger charge is -2.19. The number of aryl methyl sites for hydroxylation is 1. The first-order chi connectivity index (χ1) is 6.52. The number of aromatic nitrogens is 1. The summed E-state index contributed by atoms with van der Waals surface area (Å²) >= 11 is 0. The van der Waals surface area contributed by atoms with Gasteiger partial charge in [-0.15, -0.1) is 0 Å². The SMILES string of the molecule is Cc1cc(C2(CN)CC2(C)C)ccn1. The molecule has 1 atom stereocenters. The Hall–Kier alpha value is -0.890. The molecule has 0 amide bonds. The van der Waals surface area contributed by atoms with E-state index in [0.29, 0.717) is 5.41 Å². The van der Waals surface area contributed by atoms with Gasteiger partial charge < -0.3 is 5.73 Å². The Kier molecular flexibility index (Phi) is 1.93. The number of nitrogens with two attached hydrogens (primary N) is 1. The summed E-state index contributed by atoms with van der Waals surface area (Å²) in [6, 6.07) is 4.27. The summed E-state index contributed by atoms with van der Waals surface area (Å²) in [4.78, 5) is 4.22. The molecule has 0 aliphatic heterocycles. The van der Waals surface area contributed by atoms with Crippen LogP contribution in [0.3, 0.4) is 0 Å². The molecule has 2 nitrogen and oxygen atoms in total. The summed E-state index contributed by atoms with van der Waals surface area (Å²) in [5.74, 6) is 0. The second kappa shape index (κ2) is 2.80. The Bertz CT molecular complexity index is 357. The van der Waals surface area contributed by atoms with Crippen LogP contribution in [-0.4, -0.2) is 11.5 Å². The summed E-state index contributed by atoms with van der Waals surface area (Å²) in [7, 11) is 0. The van der Waals surface area contributed by atoms with Crippen molar-refractivity contribution in [1.82, 2.24) is 4.98 Å². The molecule has 0 bridgehead atoms. The van der Waals surface area contributed by atoms with E-state index in [1.54, 1.807) is 0 Å². The van der Waals surface area contributed by atoms with Crippen LogP contribution < -0.4 is 5.73 Å². The van der Waals surface area contributed by atoms with Crippen molar-refractivity contribution < 1.29 is 0 Å². The largest absolute Gasteiger partial charge is 0.330 e. The molecule has 1 saturated carbocycles. The van der Waals surface area contributed by atoms with Crippen LogP contribution >= 0.6 is 0 Å². The summed E-state index contributed by atoms with van der Waals surface area (Å²) in [6.45, 7) is 7.35. The third-order valence-electron chi connectivity index (χ3n) is 3.71. The molecular weight excluding hydrogens is 172 g/mol. The maximum atomic E-state index is 5.91. The van der Waals surface area contributed by atoms with Gasteiger partial charge in [0.15, 0.2) is 0 Å². The maximum Gasteiger partial charge on any atom is 0.0375 e. The lowest BCUT2D eigenvalue weighted by atomic mass is 9.88. The van der Waals surface area contributed by atoms with Gasteiger partial charge in [0.1, 0.15) is 0 Å². The molecule has 1 aromatic rings. The number of nitrogens with zero attached hydrogens (tertiary/aromatic N) is 1. The average molecular weight is 190 g/mol. The van der Waals surface area contributed by atoms with E-state index in [9.17, 15) is 0 Å². The highest BCUT2D eigenvalue weighted by atomic mass is 14.8. The minimum Gasteiger partial charge on any atom is -0.330 e. The van der Waals surface area contributed by atoms with Gasteiger partial charge in [-0.05, 0) is 36.5 Å². The van der Waals surface area contributed by atoms with Crippen molar-refractivity contribution in [3.8, 4) is 0 Å². The van der Waals surface area contributed by atoms with Gasteiger partial charge in [-0.3, -0.25) is 4.98 Å². The zero-order valence-electron chi connectivity index (χ0n) is 9.17. The Morgan fingerprint density at radius 1 is 1.50 bits per heavy atom. The van der Waals surface area contributed by atoms with E-state index in [4.69, 9.17) is 5.73 Å². The van der Waals surface area contributed by atoms with E-state index in [-0.39, 0.29) is 5.41 Å². The Labute approximate surface area is 85.5 Å². The molecule has 1 aromatic heterocycles. The fourth-order valence-corrected chi connectivity index (χ4v) is 2.51. The van der Waals surface area contributed by atoms with Gasteiger partial charge in [0.05, 0.1) is 0 Å². The predicted octanol–water partition coefficient (Wildman–Crippen LogP) is 2.02. The van der Waals surface area contributed by atoms with Crippen LogP contribution in [0.2, 0.25) is 0 Å². The average Bonchev–Trinajstić information content (AvgIpc) is 2.70. The summed E-state index contributed by atoms with van der Waals surface area (Å²) in [5.41, 5.74) is 8.91. The van der Waals surface area contributed by atoms with Gasteiger partial charge >= 0.3 is 0 Å². The second-order valence-corrected chi connectivity index (χ2v) is 5.03. The molecule has 14 heavy (non-hydrogen) atoms. The molecule has 2 N–H and O–H groups in total. The minimum atomic E-state index is 0.209. The van der Waals surface area contributed by atoms with E-state index in [1.807, 2.05) is 13.1 Å². The van der Waals surface area contributed by atoms with E-state index in [1.165, 1.54) is 12.0 Å². The Morgan fingerprint density at radius 3 is 2.57 bits per heavy atom. The molecule has 2 heteroatoms. The molecule has 0 radical (unpaired) electrons. The van der Waals surface area contributed by atoms with Crippen molar-refractivity contribution in [2.45, 2.75) is 32.6 Å². The van der Waals surface area contributed by atoms with Crippen molar-refractivity contribution in [3.63, 3.8) is 0 Å². The van der Waals surface area contributed by atoms with Crippen LogP contribution in [0.25, 0.3) is 0 Å². The summed E-state index contributed by atoms with van der Waals surface area (Å²) < 4.78 is 0. The van der Waals surface area contributed by atoms with E-state index in [0.717, 1.165) is 12.2 Å². The molecule has 0 saturated heterocycles. The van der Waals surface area contributed by atoms with Crippen LogP contribution in [0, 0.1) is 12.3 Å². The first-order valence-electron chi connectivity index (χ1n) is 5.15. The molecule has 1 fully saturated rings. The fraction of sp³-hybridized carbons (Fsp3) is 0.583. The maximum absolute atomic E-state index is 5.91. The molecule has 0 aromatic carbocycles. The molecule has 1 aliphatic rings. The molecular formula is C12H18N2. The van der Waals surface area contributed by atoms with E-state index in [2.05, 4.69) is 31.0 Å². The van der Waals surface area contributed by atoms with E-state index < -0.39 is 0 Å². The molecule has 1 aliphatic carbocycles. The van der Waals surface area contributed by atoms with Gasteiger partial charge in [-0.1, -0.05) is 13.8 Å². The molecule has 1 unspecified atom stereocenters. The molecule has 1 heterocycles. The first-order valence-corrected chi connectivity index (χ1v) is 5.15. The minimum absolute atomic E-state index is 0.209. The first kappa shape index (κ1) is 9.66. The van der Waals surface area contributed by atoms with Crippen LogP contribution in [-0.2, 0) is 5.41 Å². The summed E-state index contributed by atoms with van der Waals surface area (Å²) in [5, 5.41) is 0. The quantitative estimate of drug-likeness (QED) is 0.775. The second-order valence-electron chi connectivity index (χ2n) is 5.03. The standard InChI is InChI=1S/C12H18N2/c1-9-6-10(4-5-14-9)12(8-13)7-11(12,2)3/h4-6H,7-8,13H2,1-3H3. The number of hydrogen-bond acceptors (Lipinski definition) is 2. The van der Waals surface area contributed by atoms with Crippen LogP contribution in [0.5, 0.6) is 0 Å². The molecule has 0 spiro atoms. The lowest BCUT2D eigenvalue weighted by Crippen LogP contribution is -2.25. The third-order valence-corrected chi connectivity index (χ3v) is 3.71. The number of rotatable bonds is 2. The van der Waals surface area contributed by atoms with Crippen LogP contribution in [0.15, 0.2) is 18.3 Å². The zero-order chi connectivity index (χ0) is 10.4. The van der Waals surface area contributed by atoms with Crippen molar-refractivity contribution in [2.24, 2.45) is 11.1 Å². The van der Waals surface area contributed by atoms with Gasteiger partial charge in [-0.25, -0.2) is 0 Å². The van der Waals surface area contributed by atoms with Gasteiger partial charge in [0, 0.05) is 23.9 Å². The highest BCUT2D eigenvalue weighted by Crippen LogP contribution is 2.63. The Balaban J connectivity index is 2.40. The lowest BCUT2D eigenvalue weighted by molar-refractivity contribution is 0.502. The van der Waals surface area contributed by atoms with E-state index >= 15 is 0 Å². The van der Waals surface area contributed by atoms with Gasteiger partial charge in [0.2, 0.25) is 0 Å². The number of pyridine rings is 1. The van der Waals surface area contributed by atoms with Crippen molar-refractivity contribution in [3.05, 3.63) is 29.6 Å². The van der Waals surface area contributed by atoms with Crippen molar-refractivity contribution in [2.75, 3.05) is 6.54 Å². The van der Waals surface area contributed by atoms with Crippen LogP contribution in [0.4, 0.5) is 0 Å². The smallest absolute Gasteiger partial charge is 0.0375 e. The zero-order valence-corrected chi connectivity index (χ0v) is 9.17. The fourth-order valence-electron chi connectivity index (χ4n) is 2.51. The molecule has 76 valence electrons. The highest BCUT2D eigenvalue weighted by molar-refractivity contribution is 5.37. The summed E-state index contributed by atoms with van der Waals surface area (Å²) in [6.07, 6.45) is 3.08. The monoisotopic (exact) mass is 190 g/mol. The molecule has 2 rings (SSSR count). The topological polar surface area (TPSA) is 38.9 Å². The Morgan fingerprint density at radius 2 is 2.14 bits per heavy atom. The van der Waals surface area contributed by atoms with Crippen molar-refractivity contribution >= 4 is 0 Å². The van der Waals surface area contributed by atoms with Gasteiger partial charge in [0.25, 0.3) is 0 Å². The van der Waals surface area contributed by atoms with Crippen LogP contribution in [0.1, 0.15) is 31.5 Å².